The minimum absolute atomic E-state index is 0.0498. The fraction of sp³-hybridized carbons (Fsp3) is 0.192. The molecule has 0 heterocycles. The smallest absolute Gasteiger partial charge is 0.407 e. The van der Waals surface area contributed by atoms with Gasteiger partial charge in [0.25, 0.3) is 0 Å². The molecule has 0 spiro atoms. The maximum absolute atomic E-state index is 13.6. The molecule has 3 aromatic rings. The first-order chi connectivity index (χ1) is 16.9. The molecule has 8 nitrogen and oxygen atoms in total. The van der Waals surface area contributed by atoms with Crippen LogP contribution in [-0.2, 0) is 14.3 Å². The molecule has 1 aliphatic rings. The van der Waals surface area contributed by atoms with Gasteiger partial charge >= 0.3 is 12.1 Å². The predicted octanol–water partition coefficient (Wildman–Crippen LogP) is 4.02. The van der Waals surface area contributed by atoms with Crippen LogP contribution in [0.5, 0.6) is 0 Å². The predicted molar refractivity (Wildman–Crippen MR) is 126 cm³/mol. The van der Waals surface area contributed by atoms with Gasteiger partial charge in [-0.25, -0.2) is 14.0 Å². The standard InChI is InChI=1S/C26H23FN2O6/c1-34-14-23(24(30)28-22-12-15(27)10-11-20(22)25(31)32)29-26(33)35-13-21-18-8-4-2-6-16(18)17-7-3-5-9-19(17)21/h2-12,21,23H,13-14H2,1H3,(H,28,30)(H,29,33)(H,31,32). The number of aromatic carboxylic acids is 1. The van der Waals surface area contributed by atoms with E-state index in [0.717, 1.165) is 40.5 Å². The summed E-state index contributed by atoms with van der Waals surface area (Å²) in [4.78, 5) is 36.7. The molecule has 2 amide bonds. The summed E-state index contributed by atoms with van der Waals surface area (Å²) in [5.41, 5.74) is 3.71. The number of carboxylic acids is 1. The molecule has 180 valence electrons. The molecule has 1 atom stereocenters. The van der Waals surface area contributed by atoms with E-state index in [1.807, 2.05) is 48.5 Å². The third-order valence-corrected chi connectivity index (χ3v) is 5.76. The molecule has 9 heteroatoms. The van der Waals surface area contributed by atoms with Crippen molar-refractivity contribution >= 4 is 23.7 Å². The zero-order valence-electron chi connectivity index (χ0n) is 18.8. The van der Waals surface area contributed by atoms with E-state index in [4.69, 9.17) is 9.47 Å². The molecule has 0 fully saturated rings. The van der Waals surface area contributed by atoms with Gasteiger partial charge in [-0.15, -0.1) is 0 Å². The van der Waals surface area contributed by atoms with Crippen LogP contribution in [0.1, 0.15) is 27.4 Å². The van der Waals surface area contributed by atoms with Crippen molar-refractivity contribution in [2.45, 2.75) is 12.0 Å². The van der Waals surface area contributed by atoms with Gasteiger partial charge in [-0.3, -0.25) is 4.79 Å². The number of carbonyl (C=O) groups is 3. The summed E-state index contributed by atoms with van der Waals surface area (Å²) in [6, 6.07) is 17.5. The minimum Gasteiger partial charge on any atom is -0.478 e. The van der Waals surface area contributed by atoms with E-state index < -0.39 is 29.8 Å². The van der Waals surface area contributed by atoms with Gasteiger partial charge in [-0.05, 0) is 40.5 Å². The summed E-state index contributed by atoms with van der Waals surface area (Å²) < 4.78 is 24.1. The number of carbonyl (C=O) groups excluding carboxylic acids is 2. The Morgan fingerprint density at radius 2 is 1.63 bits per heavy atom. The Morgan fingerprint density at radius 3 is 2.23 bits per heavy atom. The molecule has 1 unspecified atom stereocenters. The second kappa shape index (κ2) is 10.4. The number of ether oxygens (including phenoxy) is 2. The second-order valence-corrected chi connectivity index (χ2v) is 7.96. The summed E-state index contributed by atoms with van der Waals surface area (Å²) in [6.07, 6.45) is -0.846. The highest BCUT2D eigenvalue weighted by atomic mass is 19.1. The first-order valence-corrected chi connectivity index (χ1v) is 10.8. The van der Waals surface area contributed by atoms with Gasteiger partial charge in [0, 0.05) is 13.0 Å². The number of hydrogen-bond donors (Lipinski definition) is 3. The Morgan fingerprint density at radius 1 is 1.00 bits per heavy atom. The van der Waals surface area contributed by atoms with Crippen LogP contribution in [0.2, 0.25) is 0 Å². The summed E-state index contributed by atoms with van der Waals surface area (Å²) in [5.74, 6) is -3.01. The lowest BCUT2D eigenvalue weighted by Gasteiger charge is -2.19. The largest absolute Gasteiger partial charge is 0.478 e. The molecule has 0 saturated carbocycles. The quantitative estimate of drug-likeness (QED) is 0.451. The van der Waals surface area contributed by atoms with E-state index in [2.05, 4.69) is 10.6 Å². The van der Waals surface area contributed by atoms with E-state index in [0.29, 0.717) is 0 Å². The Kier molecular flexibility index (Phi) is 7.07. The highest BCUT2D eigenvalue weighted by molar-refractivity contribution is 6.02. The van der Waals surface area contributed by atoms with E-state index in [1.54, 1.807) is 0 Å². The number of nitrogens with one attached hydrogen (secondary N) is 2. The highest BCUT2D eigenvalue weighted by Gasteiger charge is 2.30. The normalized spacial score (nSPS) is 12.9. The van der Waals surface area contributed by atoms with Crippen molar-refractivity contribution in [1.29, 1.82) is 0 Å². The van der Waals surface area contributed by atoms with Gasteiger partial charge < -0.3 is 25.2 Å². The van der Waals surface area contributed by atoms with Gasteiger partial charge in [-0.2, -0.15) is 0 Å². The minimum atomic E-state index is -1.34. The summed E-state index contributed by atoms with van der Waals surface area (Å²) in [5, 5.41) is 14.1. The number of fused-ring (bicyclic) bond motifs is 3. The van der Waals surface area contributed by atoms with Crippen LogP contribution in [0.3, 0.4) is 0 Å². The first-order valence-electron chi connectivity index (χ1n) is 10.8. The molecule has 0 radical (unpaired) electrons. The Hall–Kier alpha value is -4.24. The molecule has 3 aromatic carbocycles. The van der Waals surface area contributed by atoms with Gasteiger partial charge in [-0.1, -0.05) is 48.5 Å². The fourth-order valence-electron chi connectivity index (χ4n) is 4.16. The van der Waals surface area contributed by atoms with Gasteiger partial charge in [0.15, 0.2) is 0 Å². The summed E-state index contributed by atoms with van der Waals surface area (Å²) in [7, 11) is 1.34. The molecule has 3 N–H and O–H groups in total. The SMILES string of the molecule is COCC(NC(=O)OCC1c2ccccc2-c2ccccc21)C(=O)Nc1cc(F)ccc1C(=O)O. The molecule has 0 bridgehead atoms. The van der Waals surface area contributed by atoms with Crippen molar-refractivity contribution in [2.24, 2.45) is 0 Å². The molecule has 1 aliphatic carbocycles. The monoisotopic (exact) mass is 478 g/mol. The van der Waals surface area contributed by atoms with Crippen molar-refractivity contribution in [2.75, 3.05) is 25.6 Å². The van der Waals surface area contributed by atoms with Crippen LogP contribution in [0.4, 0.5) is 14.9 Å². The van der Waals surface area contributed by atoms with E-state index in [-0.39, 0.29) is 30.4 Å². The van der Waals surface area contributed by atoms with Crippen LogP contribution in [-0.4, -0.2) is 49.4 Å². The number of halogens is 1. The molecule has 0 aliphatic heterocycles. The first kappa shape index (κ1) is 23.9. The highest BCUT2D eigenvalue weighted by Crippen LogP contribution is 2.44. The van der Waals surface area contributed by atoms with Crippen LogP contribution >= 0.6 is 0 Å². The summed E-state index contributed by atoms with van der Waals surface area (Å²) in [6.45, 7) is -0.165. The van der Waals surface area contributed by atoms with Crippen molar-refractivity contribution in [3.63, 3.8) is 0 Å². The number of methoxy groups -OCH3 is 1. The average Bonchev–Trinajstić information content (AvgIpc) is 3.16. The molecular weight excluding hydrogens is 455 g/mol. The molecule has 35 heavy (non-hydrogen) atoms. The number of amides is 2. The maximum atomic E-state index is 13.6. The lowest BCUT2D eigenvalue weighted by molar-refractivity contribution is -0.119. The second-order valence-electron chi connectivity index (χ2n) is 7.96. The zero-order chi connectivity index (χ0) is 24.9. The van der Waals surface area contributed by atoms with Crippen LogP contribution < -0.4 is 10.6 Å². The Bertz CT molecular complexity index is 1230. The van der Waals surface area contributed by atoms with Crippen LogP contribution in [0, 0.1) is 5.82 Å². The number of hydrogen-bond acceptors (Lipinski definition) is 5. The number of benzene rings is 3. The van der Waals surface area contributed by atoms with Gasteiger partial charge in [0.1, 0.15) is 18.5 Å². The van der Waals surface area contributed by atoms with Gasteiger partial charge in [0.05, 0.1) is 17.9 Å². The Labute approximate surface area is 200 Å². The lowest BCUT2D eigenvalue weighted by Crippen LogP contribution is -2.47. The molecule has 0 aromatic heterocycles. The van der Waals surface area contributed by atoms with E-state index in [1.165, 1.54) is 7.11 Å². The van der Waals surface area contributed by atoms with Crippen molar-refractivity contribution in [3.05, 3.63) is 89.2 Å². The van der Waals surface area contributed by atoms with E-state index >= 15 is 0 Å². The third-order valence-electron chi connectivity index (χ3n) is 5.76. The van der Waals surface area contributed by atoms with Crippen LogP contribution in [0.15, 0.2) is 66.7 Å². The molecule has 0 saturated heterocycles. The van der Waals surface area contributed by atoms with E-state index in [9.17, 15) is 23.9 Å². The van der Waals surface area contributed by atoms with Crippen LogP contribution in [0.25, 0.3) is 11.1 Å². The zero-order valence-corrected chi connectivity index (χ0v) is 18.8. The third kappa shape index (κ3) is 5.15. The summed E-state index contributed by atoms with van der Waals surface area (Å²) >= 11 is 0. The maximum Gasteiger partial charge on any atom is 0.407 e. The van der Waals surface area contributed by atoms with Gasteiger partial charge in [0.2, 0.25) is 5.91 Å². The number of anilines is 1. The number of carboxylic acid groups (broad SMARTS) is 1. The van der Waals surface area contributed by atoms with Crippen molar-refractivity contribution in [1.82, 2.24) is 5.32 Å². The number of alkyl carbamates (subject to hydrolysis) is 1. The molecule has 4 rings (SSSR count). The Balaban J connectivity index is 1.43. The topological polar surface area (TPSA) is 114 Å². The lowest BCUT2D eigenvalue weighted by atomic mass is 9.98. The van der Waals surface area contributed by atoms with Crippen molar-refractivity contribution in [3.8, 4) is 11.1 Å². The number of rotatable bonds is 8. The fourth-order valence-corrected chi connectivity index (χ4v) is 4.16. The average molecular weight is 478 g/mol. The van der Waals surface area contributed by atoms with Crippen molar-refractivity contribution < 1.29 is 33.4 Å². The molecular formula is C26H23FN2O6.